The highest BCUT2D eigenvalue weighted by Gasteiger charge is 1.93. The minimum atomic E-state index is 0.834. The van der Waals surface area contributed by atoms with Crippen LogP contribution in [0.4, 0.5) is 0 Å². The summed E-state index contributed by atoms with van der Waals surface area (Å²) in [6.07, 6.45) is 7.24. The highest BCUT2D eigenvalue weighted by molar-refractivity contribution is 5.79. The van der Waals surface area contributed by atoms with Gasteiger partial charge < -0.3 is 5.32 Å². The molecular formula is C8H10N2. The first kappa shape index (κ1) is 6.81. The van der Waals surface area contributed by atoms with Crippen molar-refractivity contribution < 1.29 is 0 Å². The fourth-order valence-electron chi connectivity index (χ4n) is 0.636. The average Bonchev–Trinajstić information content (AvgIpc) is 1.95. The smallest absolute Gasteiger partial charge is 0.129 e. The van der Waals surface area contributed by atoms with Crippen LogP contribution in [0.25, 0.3) is 0 Å². The van der Waals surface area contributed by atoms with Gasteiger partial charge in [-0.15, -0.1) is 0 Å². The van der Waals surface area contributed by atoms with Crippen molar-refractivity contribution in [2.45, 2.75) is 6.92 Å². The number of rotatable bonds is 1. The summed E-state index contributed by atoms with van der Waals surface area (Å²) < 4.78 is 0. The molecule has 0 aromatic carbocycles. The number of aliphatic imine (C=N–C) groups is 1. The second kappa shape index (κ2) is 3.01. The summed E-state index contributed by atoms with van der Waals surface area (Å²) in [6.45, 7) is 5.55. The van der Waals surface area contributed by atoms with Crippen molar-refractivity contribution in [3.63, 3.8) is 0 Å². The second-order valence-corrected chi connectivity index (χ2v) is 2.08. The van der Waals surface area contributed by atoms with Crippen LogP contribution in [0, 0.1) is 0 Å². The van der Waals surface area contributed by atoms with Gasteiger partial charge in [-0.25, -0.2) is 4.99 Å². The molecule has 0 amide bonds. The Morgan fingerprint density at radius 2 is 2.50 bits per heavy atom. The summed E-state index contributed by atoms with van der Waals surface area (Å²) in [5, 5.41) is 3.00. The molecule has 0 spiro atoms. The Balaban J connectivity index is 2.69. The Kier molecular flexibility index (Phi) is 2.05. The van der Waals surface area contributed by atoms with Gasteiger partial charge >= 0.3 is 0 Å². The lowest BCUT2D eigenvalue weighted by atomic mass is 10.3. The van der Waals surface area contributed by atoms with Crippen molar-refractivity contribution in [2.24, 2.45) is 4.99 Å². The number of hydrogen-bond acceptors (Lipinski definition) is 2. The molecule has 2 heteroatoms. The summed E-state index contributed by atoms with van der Waals surface area (Å²) in [5.74, 6) is 0.834. The number of allylic oxidation sites excluding steroid dienone is 3. The van der Waals surface area contributed by atoms with Gasteiger partial charge in [0.1, 0.15) is 5.82 Å². The van der Waals surface area contributed by atoms with E-state index in [0.29, 0.717) is 0 Å². The number of hydrogen-bond donors (Lipinski definition) is 1. The summed E-state index contributed by atoms with van der Waals surface area (Å²) in [6, 6.07) is 0. The highest BCUT2D eigenvalue weighted by atomic mass is 15.0. The van der Waals surface area contributed by atoms with Crippen molar-refractivity contribution in [3.8, 4) is 0 Å². The summed E-state index contributed by atoms with van der Waals surface area (Å²) in [5.41, 5.74) is 1.13. The molecule has 0 saturated heterocycles. The predicted molar refractivity (Wildman–Crippen MR) is 43.7 cm³/mol. The first-order valence-corrected chi connectivity index (χ1v) is 3.13. The predicted octanol–water partition coefficient (Wildman–Crippen LogP) is 1.59. The van der Waals surface area contributed by atoms with Crippen LogP contribution in [-0.4, -0.2) is 6.21 Å². The van der Waals surface area contributed by atoms with E-state index in [0.717, 1.165) is 11.4 Å². The molecule has 10 heavy (non-hydrogen) atoms. The fourth-order valence-corrected chi connectivity index (χ4v) is 0.636. The lowest BCUT2D eigenvalue weighted by Gasteiger charge is -2.05. The summed E-state index contributed by atoms with van der Waals surface area (Å²) in [4.78, 5) is 4.09. The third-order valence-electron chi connectivity index (χ3n) is 1.13. The molecule has 1 rings (SSSR count). The van der Waals surface area contributed by atoms with Crippen LogP contribution in [0.15, 0.2) is 41.3 Å². The Labute approximate surface area is 60.7 Å². The minimum Gasteiger partial charge on any atom is -0.346 e. The molecule has 1 aliphatic rings. The zero-order valence-corrected chi connectivity index (χ0v) is 5.96. The average molecular weight is 134 g/mol. The van der Waals surface area contributed by atoms with Crippen LogP contribution in [0.2, 0.25) is 0 Å². The maximum Gasteiger partial charge on any atom is 0.129 e. The van der Waals surface area contributed by atoms with E-state index in [4.69, 9.17) is 0 Å². The van der Waals surface area contributed by atoms with Crippen molar-refractivity contribution in [1.82, 2.24) is 5.32 Å². The molecule has 1 heterocycles. The van der Waals surface area contributed by atoms with Gasteiger partial charge in [0, 0.05) is 12.4 Å². The molecule has 2 nitrogen and oxygen atoms in total. The number of nitrogens with zero attached hydrogens (tertiary/aromatic N) is 1. The van der Waals surface area contributed by atoms with Gasteiger partial charge in [0.15, 0.2) is 0 Å². The van der Waals surface area contributed by atoms with E-state index in [9.17, 15) is 0 Å². The molecule has 0 aromatic rings. The molecular weight excluding hydrogens is 124 g/mol. The SMILES string of the molecule is C=C/C=C1/N=CC(C)=CN1. The van der Waals surface area contributed by atoms with Crippen molar-refractivity contribution in [1.29, 1.82) is 0 Å². The highest BCUT2D eigenvalue weighted by Crippen LogP contribution is 1.99. The lowest BCUT2D eigenvalue weighted by Crippen LogP contribution is -2.08. The van der Waals surface area contributed by atoms with Crippen LogP contribution in [-0.2, 0) is 0 Å². The summed E-state index contributed by atoms with van der Waals surface area (Å²) in [7, 11) is 0. The van der Waals surface area contributed by atoms with Gasteiger partial charge in [0.2, 0.25) is 0 Å². The zero-order chi connectivity index (χ0) is 7.40. The van der Waals surface area contributed by atoms with Gasteiger partial charge in [-0.2, -0.15) is 0 Å². The van der Waals surface area contributed by atoms with E-state index >= 15 is 0 Å². The summed E-state index contributed by atoms with van der Waals surface area (Å²) >= 11 is 0. The first-order valence-electron chi connectivity index (χ1n) is 3.13. The van der Waals surface area contributed by atoms with E-state index < -0.39 is 0 Å². The molecule has 0 fully saturated rings. The van der Waals surface area contributed by atoms with Gasteiger partial charge in [0.25, 0.3) is 0 Å². The molecule has 0 saturated carbocycles. The van der Waals surface area contributed by atoms with Crippen LogP contribution in [0.3, 0.4) is 0 Å². The number of nitrogens with one attached hydrogen (secondary N) is 1. The lowest BCUT2D eigenvalue weighted by molar-refractivity contribution is 1.01. The van der Waals surface area contributed by atoms with Crippen LogP contribution in [0.5, 0.6) is 0 Å². The van der Waals surface area contributed by atoms with Gasteiger partial charge in [-0.05, 0) is 18.6 Å². The Hall–Kier alpha value is -1.31. The van der Waals surface area contributed by atoms with Gasteiger partial charge in [-0.1, -0.05) is 12.7 Å². The second-order valence-electron chi connectivity index (χ2n) is 2.08. The van der Waals surface area contributed by atoms with Gasteiger partial charge in [-0.3, -0.25) is 0 Å². The molecule has 1 N–H and O–H groups in total. The van der Waals surface area contributed by atoms with E-state index in [1.54, 1.807) is 6.08 Å². The van der Waals surface area contributed by atoms with Crippen molar-refractivity contribution >= 4 is 6.21 Å². The molecule has 0 radical (unpaired) electrons. The molecule has 0 bridgehead atoms. The molecule has 0 unspecified atom stereocenters. The molecule has 1 aliphatic heterocycles. The van der Waals surface area contributed by atoms with E-state index in [-0.39, 0.29) is 0 Å². The van der Waals surface area contributed by atoms with Crippen LogP contribution in [0.1, 0.15) is 6.92 Å². The van der Waals surface area contributed by atoms with E-state index in [1.165, 1.54) is 0 Å². The largest absolute Gasteiger partial charge is 0.346 e. The van der Waals surface area contributed by atoms with E-state index in [1.807, 2.05) is 25.4 Å². The Morgan fingerprint density at radius 1 is 1.70 bits per heavy atom. The third kappa shape index (κ3) is 1.58. The van der Waals surface area contributed by atoms with Crippen LogP contribution < -0.4 is 5.32 Å². The monoisotopic (exact) mass is 134 g/mol. The minimum absolute atomic E-state index is 0.834. The van der Waals surface area contributed by atoms with Gasteiger partial charge in [0.05, 0.1) is 0 Å². The Bertz CT molecular complexity index is 221. The zero-order valence-electron chi connectivity index (χ0n) is 5.96. The maximum absolute atomic E-state index is 4.09. The maximum atomic E-state index is 4.09. The molecule has 0 aliphatic carbocycles. The molecule has 0 aromatic heterocycles. The first-order chi connectivity index (χ1) is 4.83. The fraction of sp³-hybridized carbons (Fsp3) is 0.125. The van der Waals surface area contributed by atoms with Crippen molar-refractivity contribution in [2.75, 3.05) is 0 Å². The van der Waals surface area contributed by atoms with Crippen molar-refractivity contribution in [3.05, 3.63) is 36.3 Å². The molecule has 52 valence electrons. The standard InChI is InChI=1S/C8H10N2/c1-3-4-8-9-5-7(2)6-10-8/h3-6,9H,1H2,2H3/b8-4+. The molecule has 0 atom stereocenters. The van der Waals surface area contributed by atoms with Crippen LogP contribution >= 0.6 is 0 Å². The van der Waals surface area contributed by atoms with E-state index in [2.05, 4.69) is 16.9 Å². The third-order valence-corrected chi connectivity index (χ3v) is 1.13. The quantitative estimate of drug-likeness (QED) is 0.578. The topological polar surface area (TPSA) is 24.4 Å². The normalized spacial score (nSPS) is 20.1. The Morgan fingerprint density at radius 3 is 3.00 bits per heavy atom.